The smallest absolute Gasteiger partial charge is 0.0827 e. The maximum absolute atomic E-state index is 6.20. The van der Waals surface area contributed by atoms with Crippen LogP contribution in [0.5, 0.6) is 0 Å². The third-order valence-electron chi connectivity index (χ3n) is 2.83. The van der Waals surface area contributed by atoms with Gasteiger partial charge in [0.25, 0.3) is 0 Å². The minimum Gasteiger partial charge on any atom is -0.379 e. The highest BCUT2D eigenvalue weighted by Gasteiger charge is 2.33. The Morgan fingerprint density at radius 1 is 1.29 bits per heavy atom. The Morgan fingerprint density at radius 2 is 1.88 bits per heavy atom. The predicted molar refractivity (Wildman–Crippen MR) is 71.8 cm³/mol. The number of benzene rings is 1. The lowest BCUT2D eigenvalue weighted by atomic mass is 9.82. The standard InChI is InChI=1S/C13H21ClN2O/c1-13(2,3)12(17-4)11(16-15)9-7-5-6-8-10(9)14/h5-8,11-12,16H,15H2,1-4H3. The molecule has 4 heteroatoms. The van der Waals surface area contributed by atoms with E-state index >= 15 is 0 Å². The summed E-state index contributed by atoms with van der Waals surface area (Å²) in [6.07, 6.45) is -0.0626. The van der Waals surface area contributed by atoms with Gasteiger partial charge in [-0.15, -0.1) is 0 Å². The number of ether oxygens (including phenoxy) is 1. The number of nitrogens with one attached hydrogen (secondary N) is 1. The number of hydrogen-bond acceptors (Lipinski definition) is 3. The van der Waals surface area contributed by atoms with Crippen molar-refractivity contribution >= 4 is 11.6 Å². The lowest BCUT2D eigenvalue weighted by Crippen LogP contribution is -2.44. The van der Waals surface area contributed by atoms with Gasteiger partial charge in [0.15, 0.2) is 0 Å². The summed E-state index contributed by atoms with van der Waals surface area (Å²) in [5.41, 5.74) is 3.73. The van der Waals surface area contributed by atoms with Crippen molar-refractivity contribution in [1.29, 1.82) is 0 Å². The average Bonchev–Trinajstić information content (AvgIpc) is 2.25. The van der Waals surface area contributed by atoms with Crippen LogP contribution in [-0.4, -0.2) is 13.2 Å². The van der Waals surface area contributed by atoms with E-state index in [4.69, 9.17) is 22.2 Å². The molecule has 3 nitrogen and oxygen atoms in total. The van der Waals surface area contributed by atoms with E-state index in [1.165, 1.54) is 0 Å². The molecule has 0 saturated heterocycles. The summed E-state index contributed by atoms with van der Waals surface area (Å²) in [5.74, 6) is 5.66. The van der Waals surface area contributed by atoms with Gasteiger partial charge in [0.05, 0.1) is 12.1 Å². The van der Waals surface area contributed by atoms with Crippen LogP contribution in [0.4, 0.5) is 0 Å². The zero-order valence-corrected chi connectivity index (χ0v) is 11.6. The first-order valence-electron chi connectivity index (χ1n) is 5.65. The Hall–Kier alpha value is -0.610. The molecule has 2 unspecified atom stereocenters. The van der Waals surface area contributed by atoms with E-state index in [-0.39, 0.29) is 17.6 Å². The molecule has 0 heterocycles. The van der Waals surface area contributed by atoms with Gasteiger partial charge in [0.1, 0.15) is 0 Å². The maximum Gasteiger partial charge on any atom is 0.0827 e. The second-order valence-electron chi connectivity index (χ2n) is 5.19. The van der Waals surface area contributed by atoms with Gasteiger partial charge in [0, 0.05) is 12.1 Å². The van der Waals surface area contributed by atoms with Crippen molar-refractivity contribution in [2.45, 2.75) is 32.9 Å². The Morgan fingerprint density at radius 3 is 2.29 bits per heavy atom. The molecule has 0 aliphatic rings. The van der Waals surface area contributed by atoms with Gasteiger partial charge in [-0.1, -0.05) is 50.6 Å². The molecule has 0 saturated carbocycles. The van der Waals surface area contributed by atoms with Crippen molar-refractivity contribution in [3.05, 3.63) is 34.9 Å². The fourth-order valence-electron chi connectivity index (χ4n) is 2.06. The molecule has 0 spiro atoms. The van der Waals surface area contributed by atoms with E-state index in [1.54, 1.807) is 7.11 Å². The summed E-state index contributed by atoms with van der Waals surface area (Å²) >= 11 is 6.20. The minimum atomic E-state index is -0.131. The van der Waals surface area contributed by atoms with Crippen molar-refractivity contribution in [3.63, 3.8) is 0 Å². The molecule has 1 rings (SSSR count). The number of rotatable bonds is 4. The van der Waals surface area contributed by atoms with Gasteiger partial charge in [-0.05, 0) is 17.0 Å². The molecular weight excluding hydrogens is 236 g/mol. The zero-order valence-electron chi connectivity index (χ0n) is 10.8. The lowest BCUT2D eigenvalue weighted by Gasteiger charge is -2.36. The van der Waals surface area contributed by atoms with Crippen molar-refractivity contribution in [2.75, 3.05) is 7.11 Å². The molecule has 0 aliphatic heterocycles. The second kappa shape index (κ2) is 5.83. The molecule has 3 N–H and O–H groups in total. The van der Waals surface area contributed by atoms with E-state index in [0.717, 1.165) is 5.56 Å². The van der Waals surface area contributed by atoms with E-state index in [1.807, 2.05) is 24.3 Å². The van der Waals surface area contributed by atoms with Gasteiger partial charge in [-0.25, -0.2) is 0 Å². The van der Waals surface area contributed by atoms with E-state index in [9.17, 15) is 0 Å². The van der Waals surface area contributed by atoms with Crippen molar-refractivity contribution in [2.24, 2.45) is 11.3 Å². The van der Waals surface area contributed by atoms with Crippen LogP contribution >= 0.6 is 11.6 Å². The van der Waals surface area contributed by atoms with Gasteiger partial charge in [-0.2, -0.15) is 0 Å². The van der Waals surface area contributed by atoms with E-state index in [2.05, 4.69) is 26.2 Å². The number of halogens is 1. The third kappa shape index (κ3) is 3.42. The highest BCUT2D eigenvalue weighted by molar-refractivity contribution is 6.31. The van der Waals surface area contributed by atoms with Crippen LogP contribution < -0.4 is 11.3 Å². The molecule has 17 heavy (non-hydrogen) atoms. The zero-order chi connectivity index (χ0) is 13.1. The summed E-state index contributed by atoms with van der Waals surface area (Å²) in [6.45, 7) is 6.34. The largest absolute Gasteiger partial charge is 0.379 e. The van der Waals surface area contributed by atoms with Gasteiger partial charge in [-0.3, -0.25) is 11.3 Å². The topological polar surface area (TPSA) is 47.3 Å². The molecule has 0 amide bonds. The Kier molecular flexibility index (Phi) is 4.95. The molecular formula is C13H21ClN2O. The summed E-state index contributed by atoms with van der Waals surface area (Å²) in [4.78, 5) is 0. The molecule has 96 valence electrons. The van der Waals surface area contributed by atoms with E-state index in [0.29, 0.717) is 5.02 Å². The fourth-order valence-corrected chi connectivity index (χ4v) is 2.31. The molecule has 1 aromatic carbocycles. The Balaban J connectivity index is 3.10. The number of hydrogen-bond donors (Lipinski definition) is 2. The summed E-state index contributed by atoms with van der Waals surface area (Å²) in [7, 11) is 1.69. The summed E-state index contributed by atoms with van der Waals surface area (Å²) < 4.78 is 5.58. The molecule has 1 aromatic rings. The average molecular weight is 257 g/mol. The first-order chi connectivity index (χ1) is 7.91. The van der Waals surface area contributed by atoms with Crippen LogP contribution in [0.1, 0.15) is 32.4 Å². The molecule has 0 aromatic heterocycles. The first kappa shape index (κ1) is 14.5. The molecule has 0 fully saturated rings. The van der Waals surface area contributed by atoms with Crippen molar-refractivity contribution in [3.8, 4) is 0 Å². The highest BCUT2D eigenvalue weighted by Crippen LogP contribution is 2.34. The quantitative estimate of drug-likeness (QED) is 0.643. The van der Waals surface area contributed by atoms with Crippen molar-refractivity contribution in [1.82, 2.24) is 5.43 Å². The summed E-state index contributed by atoms with van der Waals surface area (Å²) in [5, 5.41) is 0.696. The van der Waals surface area contributed by atoms with Gasteiger partial charge in [0.2, 0.25) is 0 Å². The molecule has 0 bridgehead atoms. The SMILES string of the molecule is COC(C(NN)c1ccccc1Cl)C(C)(C)C. The highest BCUT2D eigenvalue weighted by atomic mass is 35.5. The Labute approximate surface area is 108 Å². The normalized spacial score (nSPS) is 15.6. The van der Waals surface area contributed by atoms with Crippen molar-refractivity contribution < 1.29 is 4.74 Å². The molecule has 0 aliphatic carbocycles. The molecule has 0 radical (unpaired) electrons. The first-order valence-corrected chi connectivity index (χ1v) is 6.03. The summed E-state index contributed by atoms with van der Waals surface area (Å²) in [6, 6.07) is 7.54. The lowest BCUT2D eigenvalue weighted by molar-refractivity contribution is -0.0120. The Bertz CT molecular complexity index is 363. The van der Waals surface area contributed by atoms with Crippen LogP contribution in [0.25, 0.3) is 0 Å². The van der Waals surface area contributed by atoms with Gasteiger partial charge < -0.3 is 4.74 Å². The van der Waals surface area contributed by atoms with Crippen LogP contribution in [0.3, 0.4) is 0 Å². The monoisotopic (exact) mass is 256 g/mol. The van der Waals surface area contributed by atoms with E-state index < -0.39 is 0 Å². The maximum atomic E-state index is 6.20. The third-order valence-corrected chi connectivity index (χ3v) is 3.17. The van der Waals surface area contributed by atoms with Gasteiger partial charge >= 0.3 is 0 Å². The minimum absolute atomic E-state index is 0.0367. The number of methoxy groups -OCH3 is 1. The molecule has 2 atom stereocenters. The predicted octanol–water partition coefficient (Wildman–Crippen LogP) is 2.91. The van der Waals surface area contributed by atoms with Crippen LogP contribution in [0, 0.1) is 5.41 Å². The fraction of sp³-hybridized carbons (Fsp3) is 0.538. The van der Waals surface area contributed by atoms with Crippen LogP contribution in [0.2, 0.25) is 5.02 Å². The number of hydrazine groups is 1. The number of nitrogens with two attached hydrogens (primary N) is 1. The van der Waals surface area contributed by atoms with Crippen LogP contribution in [0.15, 0.2) is 24.3 Å². The van der Waals surface area contributed by atoms with Crippen LogP contribution in [-0.2, 0) is 4.74 Å². The second-order valence-corrected chi connectivity index (χ2v) is 5.60.